The van der Waals surface area contributed by atoms with Gasteiger partial charge in [-0.05, 0) is 13.0 Å². The van der Waals surface area contributed by atoms with E-state index in [1.165, 1.54) is 13.2 Å². The van der Waals surface area contributed by atoms with E-state index >= 15 is 0 Å². The molecule has 0 aliphatic rings. The molecule has 0 aromatic carbocycles. The number of nitrogens with zero attached hydrogens (tertiary/aromatic N) is 2. The Morgan fingerprint density at radius 1 is 1.62 bits per heavy atom. The molecule has 0 amide bonds. The van der Waals surface area contributed by atoms with Crippen molar-refractivity contribution in [1.29, 1.82) is 0 Å². The summed E-state index contributed by atoms with van der Waals surface area (Å²) in [5.74, 6) is -0.0906. The van der Waals surface area contributed by atoms with E-state index in [4.69, 9.17) is 5.11 Å². The molecule has 0 aliphatic carbocycles. The lowest BCUT2D eigenvalue weighted by molar-refractivity contribution is 0.0593. The van der Waals surface area contributed by atoms with Crippen molar-refractivity contribution in [3.05, 3.63) is 23.3 Å². The summed E-state index contributed by atoms with van der Waals surface area (Å²) in [6.07, 6.45) is 0. The van der Waals surface area contributed by atoms with Crippen LogP contribution in [0.5, 0.6) is 0 Å². The third kappa shape index (κ3) is 2.22. The van der Waals surface area contributed by atoms with Gasteiger partial charge in [0.2, 0.25) is 0 Å². The number of methoxy groups -OCH3 is 1. The summed E-state index contributed by atoms with van der Waals surface area (Å²) in [4.78, 5) is 18.8. The Morgan fingerprint density at radius 3 is 2.85 bits per heavy atom. The Balaban J connectivity index is 3.08. The number of ether oxygens (including phenoxy) is 1. The van der Waals surface area contributed by atoms with Crippen LogP contribution < -0.4 is 0 Å². The van der Waals surface area contributed by atoms with Gasteiger partial charge in [0.05, 0.1) is 19.4 Å². The summed E-state index contributed by atoms with van der Waals surface area (Å²) >= 11 is 0. The molecule has 0 fully saturated rings. The van der Waals surface area contributed by atoms with Crippen molar-refractivity contribution in [2.24, 2.45) is 0 Å². The van der Waals surface area contributed by atoms with Gasteiger partial charge in [0.15, 0.2) is 5.69 Å². The zero-order valence-corrected chi connectivity index (χ0v) is 7.44. The van der Waals surface area contributed by atoms with Gasteiger partial charge in [-0.2, -0.15) is 0 Å². The van der Waals surface area contributed by atoms with E-state index in [0.29, 0.717) is 11.5 Å². The first-order valence-electron chi connectivity index (χ1n) is 3.71. The van der Waals surface area contributed by atoms with Gasteiger partial charge in [-0.3, -0.25) is 0 Å². The van der Waals surface area contributed by atoms with Crippen LogP contribution in [-0.4, -0.2) is 28.2 Å². The second-order valence-corrected chi connectivity index (χ2v) is 2.44. The van der Waals surface area contributed by atoms with Crippen LogP contribution in [0.25, 0.3) is 0 Å². The van der Waals surface area contributed by atoms with Gasteiger partial charge in [0, 0.05) is 0 Å². The third-order valence-corrected chi connectivity index (χ3v) is 1.45. The van der Waals surface area contributed by atoms with Gasteiger partial charge < -0.3 is 9.84 Å². The highest BCUT2D eigenvalue weighted by molar-refractivity contribution is 5.87. The summed E-state index contributed by atoms with van der Waals surface area (Å²) in [5.41, 5.74) is 0.576. The van der Waals surface area contributed by atoms with Crippen LogP contribution in [0.3, 0.4) is 0 Å². The molecular formula is C8H10N2O3. The van der Waals surface area contributed by atoms with Gasteiger partial charge >= 0.3 is 5.97 Å². The van der Waals surface area contributed by atoms with Gasteiger partial charge in [-0.1, -0.05) is 0 Å². The lowest BCUT2D eigenvalue weighted by atomic mass is 10.3. The molecule has 1 N–H and O–H groups in total. The lowest BCUT2D eigenvalue weighted by Gasteiger charge is -2.01. The number of rotatable bonds is 2. The van der Waals surface area contributed by atoms with Gasteiger partial charge in [-0.25, -0.2) is 14.8 Å². The van der Waals surface area contributed by atoms with Crippen molar-refractivity contribution in [2.45, 2.75) is 13.5 Å². The topological polar surface area (TPSA) is 72.3 Å². The fourth-order valence-electron chi connectivity index (χ4n) is 0.920. The first-order valence-corrected chi connectivity index (χ1v) is 3.71. The summed E-state index contributed by atoms with van der Waals surface area (Å²) in [6, 6.07) is 1.40. The first kappa shape index (κ1) is 9.60. The molecule has 70 valence electrons. The number of carbonyl (C=O) groups is 1. The molecule has 5 nitrogen and oxygen atoms in total. The standard InChI is InChI=1S/C8H10N2O3/c1-5-9-6(4-11)3-7(10-5)8(12)13-2/h3,11H,4H2,1-2H3. The van der Waals surface area contributed by atoms with Crippen molar-refractivity contribution >= 4 is 5.97 Å². The van der Waals surface area contributed by atoms with Crippen molar-refractivity contribution in [1.82, 2.24) is 9.97 Å². The van der Waals surface area contributed by atoms with Gasteiger partial charge in [0.25, 0.3) is 0 Å². The summed E-state index contributed by atoms with van der Waals surface area (Å²) < 4.78 is 4.48. The van der Waals surface area contributed by atoms with Crippen LogP contribution in [-0.2, 0) is 11.3 Å². The van der Waals surface area contributed by atoms with Crippen LogP contribution >= 0.6 is 0 Å². The number of aromatic nitrogens is 2. The Bertz CT molecular complexity index is 325. The van der Waals surface area contributed by atoms with Crippen LogP contribution in [0.15, 0.2) is 6.07 Å². The Morgan fingerprint density at radius 2 is 2.31 bits per heavy atom. The molecule has 0 spiro atoms. The Hall–Kier alpha value is -1.49. The molecule has 1 aromatic heterocycles. The minimum Gasteiger partial charge on any atom is -0.464 e. The van der Waals surface area contributed by atoms with Crippen LogP contribution in [0.4, 0.5) is 0 Å². The minimum atomic E-state index is -0.528. The zero-order valence-electron chi connectivity index (χ0n) is 7.44. The second-order valence-electron chi connectivity index (χ2n) is 2.44. The molecule has 5 heteroatoms. The number of aryl methyl sites for hydroxylation is 1. The number of carbonyl (C=O) groups excluding carboxylic acids is 1. The van der Waals surface area contributed by atoms with Crippen LogP contribution in [0, 0.1) is 6.92 Å². The molecule has 1 aromatic rings. The molecule has 0 saturated carbocycles. The van der Waals surface area contributed by atoms with E-state index in [9.17, 15) is 4.79 Å². The summed E-state index contributed by atoms with van der Waals surface area (Å²) in [6.45, 7) is 1.43. The van der Waals surface area contributed by atoms with E-state index in [1.54, 1.807) is 6.92 Å². The van der Waals surface area contributed by atoms with Gasteiger partial charge in [0.1, 0.15) is 5.82 Å². The molecule has 13 heavy (non-hydrogen) atoms. The smallest absolute Gasteiger partial charge is 0.356 e. The van der Waals surface area contributed by atoms with Crippen molar-refractivity contribution in [3.8, 4) is 0 Å². The first-order chi connectivity index (χ1) is 6.17. The molecule has 0 radical (unpaired) electrons. The van der Waals surface area contributed by atoms with Crippen LogP contribution in [0.1, 0.15) is 22.0 Å². The molecule has 0 atom stereocenters. The van der Waals surface area contributed by atoms with E-state index in [1.807, 2.05) is 0 Å². The van der Waals surface area contributed by atoms with Crippen molar-refractivity contribution < 1.29 is 14.6 Å². The van der Waals surface area contributed by atoms with Crippen LogP contribution in [0.2, 0.25) is 0 Å². The molecule has 0 aliphatic heterocycles. The fourth-order valence-corrected chi connectivity index (χ4v) is 0.920. The van der Waals surface area contributed by atoms with E-state index in [-0.39, 0.29) is 12.3 Å². The molecule has 1 rings (SSSR count). The fraction of sp³-hybridized carbons (Fsp3) is 0.375. The summed E-state index contributed by atoms with van der Waals surface area (Å²) in [7, 11) is 1.28. The van der Waals surface area contributed by atoms with Crippen molar-refractivity contribution in [2.75, 3.05) is 7.11 Å². The third-order valence-electron chi connectivity index (χ3n) is 1.45. The van der Waals surface area contributed by atoms with Crippen molar-refractivity contribution in [3.63, 3.8) is 0 Å². The van der Waals surface area contributed by atoms with E-state index in [0.717, 1.165) is 0 Å². The summed E-state index contributed by atoms with van der Waals surface area (Å²) in [5, 5.41) is 8.80. The highest BCUT2D eigenvalue weighted by Gasteiger charge is 2.09. The average Bonchev–Trinajstić information content (AvgIpc) is 2.15. The predicted molar refractivity (Wildman–Crippen MR) is 44.0 cm³/mol. The predicted octanol–water partition coefficient (Wildman–Crippen LogP) is 0.0639. The average molecular weight is 182 g/mol. The maximum atomic E-state index is 11.0. The number of hydrogen-bond acceptors (Lipinski definition) is 5. The number of esters is 1. The largest absolute Gasteiger partial charge is 0.464 e. The van der Waals surface area contributed by atoms with E-state index in [2.05, 4.69) is 14.7 Å². The zero-order chi connectivity index (χ0) is 9.84. The maximum absolute atomic E-state index is 11.0. The highest BCUT2D eigenvalue weighted by Crippen LogP contribution is 2.02. The lowest BCUT2D eigenvalue weighted by Crippen LogP contribution is -2.08. The molecular weight excluding hydrogens is 172 g/mol. The second kappa shape index (κ2) is 3.95. The SMILES string of the molecule is COC(=O)c1cc(CO)nc(C)n1. The van der Waals surface area contributed by atoms with E-state index < -0.39 is 5.97 Å². The minimum absolute atomic E-state index is 0.166. The number of hydrogen-bond donors (Lipinski definition) is 1. The molecule has 1 heterocycles. The highest BCUT2D eigenvalue weighted by atomic mass is 16.5. The molecule has 0 bridgehead atoms. The molecule has 0 unspecified atom stereocenters. The van der Waals surface area contributed by atoms with Gasteiger partial charge in [-0.15, -0.1) is 0 Å². The number of aliphatic hydroxyl groups excluding tert-OH is 1. The monoisotopic (exact) mass is 182 g/mol. The normalized spacial score (nSPS) is 9.77. The quantitative estimate of drug-likeness (QED) is 0.655. The Kier molecular flexibility index (Phi) is 2.92. The molecule has 0 saturated heterocycles. The maximum Gasteiger partial charge on any atom is 0.356 e. The number of aliphatic hydroxyl groups is 1. The Labute approximate surface area is 75.4 Å².